The summed E-state index contributed by atoms with van der Waals surface area (Å²) >= 11 is 3.09. The number of esters is 1. The monoisotopic (exact) mass is 222 g/mol. The number of alkyl halides is 1. The Labute approximate surface area is 71.6 Å². The molecular weight excluding hydrogens is 216 g/mol. The van der Waals surface area contributed by atoms with Crippen LogP contribution in [0.25, 0.3) is 0 Å². The van der Waals surface area contributed by atoms with Gasteiger partial charge >= 0.3 is 5.97 Å². The van der Waals surface area contributed by atoms with Gasteiger partial charge in [-0.05, 0) is 0 Å². The third-order valence-corrected chi connectivity index (χ3v) is 2.53. The predicted octanol–water partition coefficient (Wildman–Crippen LogP) is -0.565. The molecule has 4 nitrogen and oxygen atoms in total. The molecule has 5 heteroatoms. The third-order valence-electron chi connectivity index (χ3n) is 1.87. The van der Waals surface area contributed by atoms with E-state index in [2.05, 4.69) is 15.9 Å². The molecule has 0 saturated carbocycles. The molecule has 0 aromatic carbocycles. The molecule has 2 saturated heterocycles. The lowest BCUT2D eigenvalue weighted by Gasteiger charge is -2.15. The van der Waals surface area contributed by atoms with Gasteiger partial charge in [0, 0.05) is 5.33 Å². The van der Waals surface area contributed by atoms with E-state index in [0.29, 0.717) is 5.33 Å². The van der Waals surface area contributed by atoms with Crippen molar-refractivity contribution >= 4 is 21.9 Å². The lowest BCUT2D eigenvalue weighted by Crippen LogP contribution is -2.32. The number of carbonyl (C=O) groups excluding carboxylic acids is 1. The van der Waals surface area contributed by atoms with Crippen molar-refractivity contribution in [3.63, 3.8) is 0 Å². The molecule has 0 bridgehead atoms. The van der Waals surface area contributed by atoms with Gasteiger partial charge in [-0.1, -0.05) is 15.9 Å². The molecule has 0 aromatic heterocycles. The fraction of sp³-hybridized carbons (Fsp3) is 0.833. The molecule has 1 N–H and O–H groups in total. The van der Waals surface area contributed by atoms with Crippen LogP contribution in [0, 0.1) is 0 Å². The van der Waals surface area contributed by atoms with Crippen molar-refractivity contribution in [2.24, 2.45) is 0 Å². The van der Waals surface area contributed by atoms with Crippen LogP contribution in [0.15, 0.2) is 0 Å². The van der Waals surface area contributed by atoms with Gasteiger partial charge in [-0.3, -0.25) is 0 Å². The lowest BCUT2D eigenvalue weighted by atomic mass is 10.1. The van der Waals surface area contributed by atoms with Crippen LogP contribution in [0.2, 0.25) is 0 Å². The van der Waals surface area contributed by atoms with Gasteiger partial charge in [-0.25, -0.2) is 4.79 Å². The number of hydrogen-bond acceptors (Lipinski definition) is 4. The maximum absolute atomic E-state index is 10.8. The molecule has 62 valence electrons. The molecule has 0 radical (unpaired) electrons. The zero-order valence-corrected chi connectivity index (χ0v) is 7.15. The highest BCUT2D eigenvalue weighted by molar-refractivity contribution is 9.09. The molecule has 0 aliphatic carbocycles. The number of fused-ring (bicyclic) bond motifs is 1. The molecule has 0 aromatic rings. The second-order valence-corrected chi connectivity index (χ2v) is 3.29. The molecule has 0 spiro atoms. The van der Waals surface area contributed by atoms with E-state index in [1.54, 1.807) is 0 Å². The second-order valence-electron chi connectivity index (χ2n) is 2.64. The minimum absolute atomic E-state index is 0.199. The fourth-order valence-electron chi connectivity index (χ4n) is 1.22. The summed E-state index contributed by atoms with van der Waals surface area (Å²) in [5, 5.41) is 9.67. The van der Waals surface area contributed by atoms with Gasteiger partial charge < -0.3 is 14.6 Å². The van der Waals surface area contributed by atoms with Crippen molar-refractivity contribution in [3.05, 3.63) is 0 Å². The highest BCUT2D eigenvalue weighted by atomic mass is 79.9. The SMILES string of the molecule is O=C1O[C@H]([C@@H](O)CBr)[C@@H]2O[C@H]12. The Kier molecular flexibility index (Phi) is 1.66. The highest BCUT2D eigenvalue weighted by Crippen LogP contribution is 2.36. The maximum Gasteiger partial charge on any atom is 0.338 e. The van der Waals surface area contributed by atoms with E-state index < -0.39 is 18.3 Å². The molecule has 2 aliphatic heterocycles. The standard InChI is InChI=1S/C6H7BrO4/c7-1-2(8)3-4-5(10-4)6(9)11-3/h2-5,8H,1H2/t2-,3+,4-,5-/m0/s1. The summed E-state index contributed by atoms with van der Waals surface area (Å²) in [5.74, 6) is -0.347. The normalized spacial score (nSPS) is 43.1. The van der Waals surface area contributed by atoms with Crippen LogP contribution < -0.4 is 0 Å². The van der Waals surface area contributed by atoms with Crippen LogP contribution in [0.4, 0.5) is 0 Å². The van der Waals surface area contributed by atoms with Crippen molar-refractivity contribution in [1.82, 2.24) is 0 Å². The zero-order valence-electron chi connectivity index (χ0n) is 5.57. The molecule has 2 aliphatic rings. The van der Waals surface area contributed by atoms with Gasteiger partial charge in [0.25, 0.3) is 0 Å². The van der Waals surface area contributed by atoms with Crippen LogP contribution in [-0.2, 0) is 14.3 Å². The van der Waals surface area contributed by atoms with Crippen LogP contribution >= 0.6 is 15.9 Å². The van der Waals surface area contributed by atoms with Gasteiger partial charge in [0.05, 0.1) is 0 Å². The van der Waals surface area contributed by atoms with Crippen LogP contribution in [0.5, 0.6) is 0 Å². The van der Waals surface area contributed by atoms with Gasteiger partial charge in [0.2, 0.25) is 0 Å². The number of aliphatic hydroxyl groups is 1. The number of aliphatic hydroxyl groups excluding tert-OH is 1. The first-order chi connectivity index (χ1) is 5.24. The maximum atomic E-state index is 10.8. The first-order valence-corrected chi connectivity index (χ1v) is 4.46. The average molecular weight is 223 g/mol. The van der Waals surface area contributed by atoms with Crippen molar-refractivity contribution in [3.8, 4) is 0 Å². The van der Waals surface area contributed by atoms with E-state index in [0.717, 1.165) is 0 Å². The zero-order chi connectivity index (χ0) is 8.01. The number of hydrogen-bond donors (Lipinski definition) is 1. The van der Waals surface area contributed by atoms with Crippen molar-refractivity contribution in [2.75, 3.05) is 5.33 Å². The summed E-state index contributed by atoms with van der Waals surface area (Å²) in [5.41, 5.74) is 0. The summed E-state index contributed by atoms with van der Waals surface area (Å²) < 4.78 is 9.78. The van der Waals surface area contributed by atoms with E-state index in [1.165, 1.54) is 0 Å². The van der Waals surface area contributed by atoms with E-state index in [-0.39, 0.29) is 12.1 Å². The fourth-order valence-corrected chi connectivity index (χ4v) is 1.59. The van der Waals surface area contributed by atoms with Crippen LogP contribution in [0.3, 0.4) is 0 Å². The number of epoxide rings is 1. The Bertz CT molecular complexity index is 195. The summed E-state index contributed by atoms with van der Waals surface area (Å²) in [4.78, 5) is 10.8. The first kappa shape index (κ1) is 7.52. The molecule has 0 amide bonds. The number of carbonyl (C=O) groups is 1. The largest absolute Gasteiger partial charge is 0.455 e. The molecule has 2 fully saturated rings. The second kappa shape index (κ2) is 2.43. The Hall–Kier alpha value is -0.130. The number of ether oxygens (including phenoxy) is 2. The summed E-state index contributed by atoms with van der Waals surface area (Å²) in [6.45, 7) is 0. The van der Waals surface area contributed by atoms with E-state index in [1.807, 2.05) is 0 Å². The van der Waals surface area contributed by atoms with Gasteiger partial charge in [-0.15, -0.1) is 0 Å². The van der Waals surface area contributed by atoms with Crippen LogP contribution in [0.1, 0.15) is 0 Å². The summed E-state index contributed by atoms with van der Waals surface area (Å²) in [6.07, 6.45) is -1.72. The Morgan fingerprint density at radius 1 is 1.73 bits per heavy atom. The predicted molar refractivity (Wildman–Crippen MR) is 38.3 cm³/mol. The minimum Gasteiger partial charge on any atom is -0.455 e. The van der Waals surface area contributed by atoms with Gasteiger partial charge in [0.15, 0.2) is 12.2 Å². The van der Waals surface area contributed by atoms with Crippen molar-refractivity contribution in [2.45, 2.75) is 24.4 Å². The topological polar surface area (TPSA) is 59.1 Å². The van der Waals surface area contributed by atoms with Gasteiger partial charge in [-0.2, -0.15) is 0 Å². The first-order valence-electron chi connectivity index (χ1n) is 3.34. The highest BCUT2D eigenvalue weighted by Gasteiger charge is 2.60. The smallest absolute Gasteiger partial charge is 0.338 e. The van der Waals surface area contributed by atoms with Gasteiger partial charge in [0.1, 0.15) is 12.2 Å². The molecule has 2 rings (SSSR count). The Morgan fingerprint density at radius 3 is 2.82 bits per heavy atom. The molecular formula is C6H7BrO4. The minimum atomic E-state index is -0.656. The number of cyclic esters (lactones) is 1. The number of rotatable bonds is 2. The van der Waals surface area contributed by atoms with E-state index in [4.69, 9.17) is 9.47 Å². The molecule has 0 unspecified atom stereocenters. The van der Waals surface area contributed by atoms with E-state index in [9.17, 15) is 9.90 Å². The lowest BCUT2D eigenvalue weighted by molar-refractivity contribution is -0.154. The number of halogens is 1. The van der Waals surface area contributed by atoms with Crippen molar-refractivity contribution < 1.29 is 19.4 Å². The third kappa shape index (κ3) is 1.07. The van der Waals surface area contributed by atoms with E-state index >= 15 is 0 Å². The molecule has 11 heavy (non-hydrogen) atoms. The summed E-state index contributed by atoms with van der Waals surface area (Å²) in [6, 6.07) is 0. The molecule has 4 atom stereocenters. The quantitative estimate of drug-likeness (QED) is 0.387. The Morgan fingerprint density at radius 2 is 2.45 bits per heavy atom. The average Bonchev–Trinajstić information content (AvgIpc) is 2.72. The van der Waals surface area contributed by atoms with Crippen molar-refractivity contribution in [1.29, 1.82) is 0 Å². The summed E-state index contributed by atoms with van der Waals surface area (Å²) in [7, 11) is 0. The van der Waals surface area contributed by atoms with Crippen LogP contribution in [-0.4, -0.2) is 40.8 Å². The Balaban J connectivity index is 2.01. The molecule has 2 heterocycles.